The van der Waals surface area contributed by atoms with E-state index >= 15 is 0 Å². The molecule has 212 valence electrons. The Kier molecular flexibility index (Phi) is 9.08. The third-order valence-electron chi connectivity index (χ3n) is 6.97. The first-order chi connectivity index (χ1) is 19.1. The predicted molar refractivity (Wildman–Crippen MR) is 153 cm³/mol. The van der Waals surface area contributed by atoms with E-state index < -0.39 is 11.9 Å². The first kappa shape index (κ1) is 29.5. The van der Waals surface area contributed by atoms with E-state index in [1.807, 2.05) is 38.2 Å². The van der Waals surface area contributed by atoms with Crippen LogP contribution < -0.4 is 4.74 Å². The van der Waals surface area contributed by atoms with Crippen LogP contribution in [-0.4, -0.2) is 47.6 Å². The lowest BCUT2D eigenvalue weighted by atomic mass is 9.98. The van der Waals surface area contributed by atoms with Gasteiger partial charge in [-0.05, 0) is 42.7 Å². The van der Waals surface area contributed by atoms with Gasteiger partial charge >= 0.3 is 11.9 Å². The molecule has 2 heterocycles. The van der Waals surface area contributed by atoms with Gasteiger partial charge in [0.25, 0.3) is 0 Å². The molecule has 9 nitrogen and oxygen atoms in total. The van der Waals surface area contributed by atoms with E-state index in [2.05, 4.69) is 0 Å². The first-order valence-electron chi connectivity index (χ1n) is 12.5. The van der Waals surface area contributed by atoms with Crippen LogP contribution in [0.1, 0.15) is 39.4 Å². The second-order valence-corrected chi connectivity index (χ2v) is 10.1. The van der Waals surface area contributed by atoms with Crippen LogP contribution in [-0.2, 0) is 52.7 Å². The number of benzene rings is 2. The molecule has 0 saturated carbocycles. The molecule has 0 N–H and O–H groups in total. The lowest BCUT2D eigenvalue weighted by molar-refractivity contribution is -0.140. The molecule has 0 bridgehead atoms. The van der Waals surface area contributed by atoms with Crippen molar-refractivity contribution in [2.45, 2.75) is 33.0 Å². The van der Waals surface area contributed by atoms with Gasteiger partial charge in [0.1, 0.15) is 11.4 Å². The molecule has 0 aliphatic rings. The molecule has 4 aromatic rings. The molecule has 4 rings (SSSR count). The summed E-state index contributed by atoms with van der Waals surface area (Å²) in [5.41, 5.74) is 5.45. The van der Waals surface area contributed by atoms with Crippen LogP contribution in [0.4, 0.5) is 0 Å². The molecule has 0 saturated heterocycles. The van der Waals surface area contributed by atoms with Gasteiger partial charge in [0.2, 0.25) is 0 Å². The maximum atomic E-state index is 13.0. The summed E-state index contributed by atoms with van der Waals surface area (Å²) in [5.74, 6) is -0.187. The summed E-state index contributed by atoms with van der Waals surface area (Å²) in [4.78, 5) is 25.0. The SMILES string of the molecule is COC(=O)CCc1c(C(=O)OC)n(C)c2c(-c3c(COCc4ccc(OC)cc4)nn(C)c3C)c(Cl)cc(Cl)c12. The van der Waals surface area contributed by atoms with Crippen molar-refractivity contribution in [1.29, 1.82) is 0 Å². The maximum Gasteiger partial charge on any atom is 0.354 e. The number of aryl methyl sites for hydroxylation is 3. The number of carbonyl (C=O) groups excluding carboxylic acids is 2. The van der Waals surface area contributed by atoms with Gasteiger partial charge < -0.3 is 23.5 Å². The molecule has 2 aromatic heterocycles. The minimum absolute atomic E-state index is 0.0598. The van der Waals surface area contributed by atoms with Gasteiger partial charge in [0.15, 0.2) is 0 Å². The van der Waals surface area contributed by atoms with Crippen molar-refractivity contribution in [2.75, 3.05) is 21.3 Å². The third kappa shape index (κ3) is 5.54. The van der Waals surface area contributed by atoms with Crippen molar-refractivity contribution < 1.29 is 28.5 Å². The second-order valence-electron chi connectivity index (χ2n) is 9.26. The molecular weight excluding hydrogens is 557 g/mol. The van der Waals surface area contributed by atoms with Gasteiger partial charge in [-0.1, -0.05) is 35.3 Å². The molecule has 0 atom stereocenters. The van der Waals surface area contributed by atoms with E-state index in [4.69, 9.17) is 47.2 Å². The van der Waals surface area contributed by atoms with E-state index in [0.717, 1.165) is 22.6 Å². The van der Waals surface area contributed by atoms with E-state index in [-0.39, 0.29) is 25.1 Å². The summed E-state index contributed by atoms with van der Waals surface area (Å²) >= 11 is 13.6. The number of rotatable bonds is 10. The number of methoxy groups -OCH3 is 3. The maximum absolute atomic E-state index is 13.0. The fourth-order valence-corrected chi connectivity index (χ4v) is 5.58. The fraction of sp³-hybridized carbons (Fsp3) is 0.345. The zero-order chi connectivity index (χ0) is 29.1. The molecular formula is C29H31Cl2N3O6. The van der Waals surface area contributed by atoms with Gasteiger partial charge in [-0.15, -0.1) is 0 Å². The fourth-order valence-electron chi connectivity index (χ4n) is 4.92. The Balaban J connectivity index is 1.84. The van der Waals surface area contributed by atoms with E-state index in [1.54, 1.807) is 29.5 Å². The Labute approximate surface area is 242 Å². The van der Waals surface area contributed by atoms with Crippen LogP contribution in [0.2, 0.25) is 10.0 Å². The number of aromatic nitrogens is 3. The van der Waals surface area contributed by atoms with Crippen molar-refractivity contribution in [1.82, 2.24) is 14.3 Å². The van der Waals surface area contributed by atoms with Gasteiger partial charge in [-0.2, -0.15) is 5.10 Å². The van der Waals surface area contributed by atoms with Gasteiger partial charge in [-0.25, -0.2) is 4.79 Å². The predicted octanol–water partition coefficient (Wildman–Crippen LogP) is 5.81. The first-order valence-corrected chi connectivity index (χ1v) is 13.3. The van der Waals surface area contributed by atoms with Crippen molar-refractivity contribution in [3.63, 3.8) is 0 Å². The largest absolute Gasteiger partial charge is 0.497 e. The lowest BCUT2D eigenvalue weighted by Gasteiger charge is -2.13. The van der Waals surface area contributed by atoms with Crippen LogP contribution >= 0.6 is 23.2 Å². The Morgan fingerprint density at radius 1 is 0.950 bits per heavy atom. The molecule has 0 spiro atoms. The highest BCUT2D eigenvalue weighted by atomic mass is 35.5. The summed E-state index contributed by atoms with van der Waals surface area (Å²) in [6.07, 6.45) is 0.281. The Bertz CT molecular complexity index is 1570. The summed E-state index contributed by atoms with van der Waals surface area (Å²) in [6, 6.07) is 9.29. The van der Waals surface area contributed by atoms with Crippen LogP contribution in [0.25, 0.3) is 22.0 Å². The van der Waals surface area contributed by atoms with Crippen LogP contribution in [0.3, 0.4) is 0 Å². The van der Waals surface area contributed by atoms with Gasteiger partial charge in [0, 0.05) is 42.7 Å². The second kappa shape index (κ2) is 12.3. The number of fused-ring (bicyclic) bond motifs is 1. The van der Waals surface area contributed by atoms with Crippen molar-refractivity contribution in [3.05, 3.63) is 68.6 Å². The molecule has 0 amide bonds. The van der Waals surface area contributed by atoms with Crippen molar-refractivity contribution >= 4 is 46.0 Å². The number of hydrogen-bond donors (Lipinski definition) is 0. The summed E-state index contributed by atoms with van der Waals surface area (Å²) in [5, 5.41) is 6.07. The molecule has 11 heteroatoms. The van der Waals surface area contributed by atoms with E-state index in [9.17, 15) is 9.59 Å². The average Bonchev–Trinajstić information content (AvgIpc) is 3.39. The quantitative estimate of drug-likeness (QED) is 0.216. The minimum atomic E-state index is -0.553. The highest BCUT2D eigenvalue weighted by Crippen LogP contribution is 2.45. The van der Waals surface area contributed by atoms with Crippen LogP contribution in [0.5, 0.6) is 5.75 Å². The monoisotopic (exact) mass is 587 g/mol. The summed E-state index contributed by atoms with van der Waals surface area (Å²) in [6.45, 7) is 2.53. The van der Waals surface area contributed by atoms with Crippen LogP contribution in [0.15, 0.2) is 30.3 Å². The Morgan fingerprint density at radius 3 is 2.27 bits per heavy atom. The normalized spacial score (nSPS) is 11.2. The Hall–Kier alpha value is -3.53. The Morgan fingerprint density at radius 2 is 1.65 bits per heavy atom. The standard InChI is InChI=1S/C29H31Cl2N3O6/c1-16-24(22(32-34(16)3)15-40-14-17-7-9-18(37-4)10-8-17)26-21(31)13-20(30)25-19(11-12-23(35)38-5)27(29(36)39-6)33(2)28(25)26/h7-10,13H,11-12,14-15H2,1-6H3. The average molecular weight is 588 g/mol. The number of esters is 2. The van der Waals surface area contributed by atoms with E-state index in [0.29, 0.717) is 44.4 Å². The molecule has 40 heavy (non-hydrogen) atoms. The summed E-state index contributed by atoms with van der Waals surface area (Å²) in [7, 11) is 7.85. The zero-order valence-electron chi connectivity index (χ0n) is 23.3. The lowest BCUT2D eigenvalue weighted by Crippen LogP contribution is -2.11. The van der Waals surface area contributed by atoms with Gasteiger partial charge in [0.05, 0.1) is 55.8 Å². The number of hydrogen-bond acceptors (Lipinski definition) is 7. The molecule has 0 aliphatic heterocycles. The van der Waals surface area contributed by atoms with Gasteiger partial charge in [-0.3, -0.25) is 9.48 Å². The van der Waals surface area contributed by atoms with Crippen LogP contribution in [0, 0.1) is 6.92 Å². The third-order valence-corrected chi connectivity index (χ3v) is 7.57. The highest BCUT2D eigenvalue weighted by molar-refractivity contribution is 6.41. The van der Waals surface area contributed by atoms with Crippen molar-refractivity contribution in [2.24, 2.45) is 14.1 Å². The molecule has 0 radical (unpaired) electrons. The van der Waals surface area contributed by atoms with Crippen molar-refractivity contribution in [3.8, 4) is 16.9 Å². The number of ether oxygens (including phenoxy) is 4. The zero-order valence-corrected chi connectivity index (χ0v) is 24.8. The summed E-state index contributed by atoms with van der Waals surface area (Å²) < 4.78 is 24.7. The molecule has 0 aliphatic carbocycles. The smallest absolute Gasteiger partial charge is 0.354 e. The minimum Gasteiger partial charge on any atom is -0.497 e. The molecule has 0 fully saturated rings. The highest BCUT2D eigenvalue weighted by Gasteiger charge is 2.29. The van der Waals surface area contributed by atoms with E-state index in [1.165, 1.54) is 14.2 Å². The number of nitrogens with zero attached hydrogens (tertiary/aromatic N) is 3. The molecule has 0 unspecified atom stereocenters. The molecule has 2 aromatic carbocycles. The number of halogens is 2. The number of carbonyl (C=O) groups is 2. The topological polar surface area (TPSA) is 93.8 Å².